The van der Waals surface area contributed by atoms with Crippen LogP contribution in [0.4, 0.5) is 17.3 Å². The van der Waals surface area contributed by atoms with Gasteiger partial charge in [0.2, 0.25) is 0 Å². The molecular formula is C15H15N7O2. The van der Waals surface area contributed by atoms with Crippen molar-refractivity contribution in [2.45, 2.75) is 6.92 Å². The van der Waals surface area contributed by atoms with E-state index in [1.807, 2.05) is 0 Å². The van der Waals surface area contributed by atoms with Crippen molar-refractivity contribution in [3.05, 3.63) is 35.9 Å². The molecule has 0 fully saturated rings. The van der Waals surface area contributed by atoms with Crippen molar-refractivity contribution >= 4 is 40.5 Å². The van der Waals surface area contributed by atoms with Gasteiger partial charge in [-0.3, -0.25) is 0 Å². The van der Waals surface area contributed by atoms with Gasteiger partial charge in [-0.05, 0) is 19.1 Å². The number of H-pyrrole nitrogens is 1. The number of hydrogen-bond donors (Lipinski definition) is 4. The van der Waals surface area contributed by atoms with Gasteiger partial charge >= 0.3 is 5.97 Å². The van der Waals surface area contributed by atoms with Gasteiger partial charge in [0.05, 0.1) is 23.9 Å². The zero-order chi connectivity index (χ0) is 17.1. The van der Waals surface area contributed by atoms with Gasteiger partial charge in [-0.15, -0.1) is 0 Å². The molecule has 0 aliphatic rings. The highest BCUT2D eigenvalue weighted by Gasteiger charge is 2.14. The number of pyridine rings is 1. The van der Waals surface area contributed by atoms with E-state index in [1.54, 1.807) is 19.1 Å². The van der Waals surface area contributed by atoms with E-state index in [4.69, 9.17) is 15.9 Å². The van der Waals surface area contributed by atoms with E-state index < -0.39 is 5.97 Å². The summed E-state index contributed by atoms with van der Waals surface area (Å²) in [7, 11) is 0. The van der Waals surface area contributed by atoms with Crippen LogP contribution in [-0.2, 0) is 4.74 Å². The molecule has 0 aromatic carbocycles. The number of carbonyl (C=O) groups excluding carboxylic acids is 1. The number of nitrogens with zero attached hydrogens (tertiary/aromatic N) is 3. The average molecular weight is 325 g/mol. The Morgan fingerprint density at radius 3 is 3.00 bits per heavy atom. The third-order valence-corrected chi connectivity index (χ3v) is 3.29. The molecule has 0 saturated carbocycles. The maximum atomic E-state index is 11.8. The number of carbonyl (C=O) groups is 1. The van der Waals surface area contributed by atoms with Crippen LogP contribution < -0.4 is 11.1 Å². The van der Waals surface area contributed by atoms with Crippen LogP contribution in [0, 0.1) is 5.41 Å². The second kappa shape index (κ2) is 6.32. The van der Waals surface area contributed by atoms with Crippen molar-refractivity contribution in [2.75, 3.05) is 17.7 Å². The molecule has 3 aromatic heterocycles. The Balaban J connectivity index is 1.97. The third kappa shape index (κ3) is 2.86. The first-order valence-corrected chi connectivity index (χ1v) is 7.16. The molecule has 0 bridgehead atoms. The van der Waals surface area contributed by atoms with Crippen LogP contribution in [0.1, 0.15) is 23.0 Å². The lowest BCUT2D eigenvalue weighted by Crippen LogP contribution is -2.04. The second-order valence-electron chi connectivity index (χ2n) is 4.86. The molecule has 0 aliphatic carbocycles. The van der Waals surface area contributed by atoms with E-state index in [1.165, 1.54) is 12.5 Å². The molecular weight excluding hydrogens is 310 g/mol. The number of anilines is 3. The Morgan fingerprint density at radius 1 is 1.42 bits per heavy atom. The predicted molar refractivity (Wildman–Crippen MR) is 89.7 cm³/mol. The SMILES string of the molecule is CCOC(=O)c1cc2c(Nc3cc(C=N)c(N)cn3)ncnc2[nH]1. The number of fused-ring (bicyclic) bond motifs is 1. The molecule has 3 rings (SSSR count). The van der Waals surface area contributed by atoms with Crippen LogP contribution in [-0.4, -0.2) is 38.7 Å². The van der Waals surface area contributed by atoms with E-state index in [0.717, 1.165) is 6.21 Å². The molecule has 0 unspecified atom stereocenters. The summed E-state index contributed by atoms with van der Waals surface area (Å²) in [5, 5.41) is 11.0. The number of ether oxygens (including phenoxy) is 1. The minimum Gasteiger partial charge on any atom is -0.461 e. The molecule has 3 aromatic rings. The number of aromatic nitrogens is 4. The molecule has 122 valence electrons. The summed E-state index contributed by atoms with van der Waals surface area (Å²) < 4.78 is 4.97. The fourth-order valence-corrected chi connectivity index (χ4v) is 2.15. The molecule has 0 aliphatic heterocycles. The summed E-state index contributed by atoms with van der Waals surface area (Å²) in [5.41, 5.74) is 7.47. The number of nitrogens with two attached hydrogens (primary N) is 1. The van der Waals surface area contributed by atoms with Crippen molar-refractivity contribution < 1.29 is 9.53 Å². The first-order chi connectivity index (χ1) is 11.6. The summed E-state index contributed by atoms with van der Waals surface area (Å²) in [6.07, 6.45) is 3.97. The lowest BCUT2D eigenvalue weighted by molar-refractivity contribution is 0.0520. The van der Waals surface area contributed by atoms with Crippen molar-refractivity contribution in [3.63, 3.8) is 0 Å². The Hall–Kier alpha value is -3.49. The van der Waals surface area contributed by atoms with Crippen LogP contribution in [0.3, 0.4) is 0 Å². The van der Waals surface area contributed by atoms with Crippen LogP contribution >= 0.6 is 0 Å². The number of nitrogens with one attached hydrogen (secondary N) is 3. The van der Waals surface area contributed by atoms with E-state index >= 15 is 0 Å². The van der Waals surface area contributed by atoms with Crippen LogP contribution in [0.15, 0.2) is 24.7 Å². The Labute approximate surface area is 136 Å². The largest absolute Gasteiger partial charge is 0.461 e. The maximum Gasteiger partial charge on any atom is 0.354 e. The number of rotatable bonds is 5. The number of nitrogen functional groups attached to an aromatic ring is 1. The fourth-order valence-electron chi connectivity index (χ4n) is 2.15. The molecule has 0 radical (unpaired) electrons. The van der Waals surface area contributed by atoms with Crippen molar-refractivity contribution in [1.82, 2.24) is 19.9 Å². The summed E-state index contributed by atoms with van der Waals surface area (Å²) in [6.45, 7) is 2.02. The Bertz CT molecular complexity index is 919. The minimum atomic E-state index is -0.460. The molecule has 0 spiro atoms. The maximum absolute atomic E-state index is 11.8. The molecule has 3 heterocycles. The van der Waals surface area contributed by atoms with Gasteiger partial charge < -0.3 is 26.2 Å². The first kappa shape index (κ1) is 15.4. The van der Waals surface area contributed by atoms with Gasteiger partial charge in [-0.25, -0.2) is 19.7 Å². The Kier molecular flexibility index (Phi) is 4.06. The standard InChI is InChI=1S/C15H15N7O2/c1-2-24-15(23)11-4-9-13(21-11)19-7-20-14(9)22-12-3-8(5-16)10(17)6-18-12/h3-7,16H,2,17H2,1H3,(H2,18,19,20,21,22). The second-order valence-corrected chi connectivity index (χ2v) is 4.86. The van der Waals surface area contributed by atoms with Gasteiger partial charge in [0, 0.05) is 11.8 Å². The van der Waals surface area contributed by atoms with E-state index in [0.29, 0.717) is 39.6 Å². The number of esters is 1. The summed E-state index contributed by atoms with van der Waals surface area (Å²) in [6, 6.07) is 3.25. The lowest BCUT2D eigenvalue weighted by atomic mass is 10.2. The van der Waals surface area contributed by atoms with E-state index in [9.17, 15) is 4.79 Å². The molecule has 24 heavy (non-hydrogen) atoms. The van der Waals surface area contributed by atoms with Crippen LogP contribution in [0.5, 0.6) is 0 Å². The van der Waals surface area contributed by atoms with Crippen LogP contribution in [0.25, 0.3) is 11.0 Å². The lowest BCUT2D eigenvalue weighted by Gasteiger charge is -2.07. The highest BCUT2D eigenvalue weighted by atomic mass is 16.5. The average Bonchev–Trinajstić information content (AvgIpc) is 3.02. The molecule has 0 atom stereocenters. The molecule has 0 amide bonds. The smallest absolute Gasteiger partial charge is 0.354 e. The fraction of sp³-hybridized carbons (Fsp3) is 0.133. The number of aromatic amines is 1. The summed E-state index contributed by atoms with van der Waals surface area (Å²) in [5.74, 6) is 0.486. The predicted octanol–water partition coefficient (Wildman–Crippen LogP) is 1.85. The highest BCUT2D eigenvalue weighted by molar-refractivity contribution is 5.98. The summed E-state index contributed by atoms with van der Waals surface area (Å²) in [4.78, 5) is 27.2. The van der Waals surface area contributed by atoms with Gasteiger partial charge in [0.1, 0.15) is 29.3 Å². The van der Waals surface area contributed by atoms with Crippen molar-refractivity contribution in [1.29, 1.82) is 5.41 Å². The number of hydrogen-bond acceptors (Lipinski definition) is 8. The van der Waals surface area contributed by atoms with Gasteiger partial charge in [0.15, 0.2) is 0 Å². The van der Waals surface area contributed by atoms with Gasteiger partial charge in [-0.1, -0.05) is 0 Å². The molecule has 9 heteroatoms. The van der Waals surface area contributed by atoms with Gasteiger partial charge in [0.25, 0.3) is 0 Å². The minimum absolute atomic E-state index is 0.284. The monoisotopic (exact) mass is 325 g/mol. The normalized spacial score (nSPS) is 10.5. The summed E-state index contributed by atoms with van der Waals surface area (Å²) >= 11 is 0. The van der Waals surface area contributed by atoms with Crippen molar-refractivity contribution in [3.8, 4) is 0 Å². The van der Waals surface area contributed by atoms with Crippen molar-refractivity contribution in [2.24, 2.45) is 0 Å². The van der Waals surface area contributed by atoms with E-state index in [2.05, 4.69) is 25.3 Å². The molecule has 5 N–H and O–H groups in total. The zero-order valence-corrected chi connectivity index (χ0v) is 12.8. The molecule has 9 nitrogen and oxygen atoms in total. The topological polar surface area (TPSA) is 143 Å². The Morgan fingerprint density at radius 2 is 2.25 bits per heavy atom. The molecule has 0 saturated heterocycles. The quantitative estimate of drug-likeness (QED) is 0.414. The zero-order valence-electron chi connectivity index (χ0n) is 12.8. The highest BCUT2D eigenvalue weighted by Crippen LogP contribution is 2.24. The van der Waals surface area contributed by atoms with Gasteiger partial charge in [-0.2, -0.15) is 0 Å². The van der Waals surface area contributed by atoms with Crippen LogP contribution in [0.2, 0.25) is 0 Å². The first-order valence-electron chi connectivity index (χ1n) is 7.16. The van der Waals surface area contributed by atoms with E-state index in [-0.39, 0.29) is 6.61 Å². The third-order valence-electron chi connectivity index (χ3n) is 3.29.